The Morgan fingerprint density at radius 2 is 1.52 bits per heavy atom. The molecule has 0 aromatic rings. The van der Waals surface area contributed by atoms with Crippen LogP contribution in [0.25, 0.3) is 0 Å². The van der Waals surface area contributed by atoms with E-state index >= 15 is 0 Å². The number of carboxylic acids is 2. The molecule has 0 spiro atoms. The van der Waals surface area contributed by atoms with Crippen molar-refractivity contribution in [2.75, 3.05) is 0 Å². The van der Waals surface area contributed by atoms with Crippen molar-refractivity contribution in [3.8, 4) is 0 Å². The van der Waals surface area contributed by atoms with Gasteiger partial charge in [0.15, 0.2) is 0 Å². The van der Waals surface area contributed by atoms with E-state index in [4.69, 9.17) is 11.5 Å². The SMILES string of the molecule is N[C@@H]1CCCC[C@H]1N.O=C1CCC(C(=O)[O-])(C(=O)[O-])N1.[Pt+2]. The zero-order valence-electron chi connectivity index (χ0n) is 11.4. The van der Waals surface area contributed by atoms with Gasteiger partial charge < -0.3 is 36.6 Å². The third-order valence-electron chi connectivity index (χ3n) is 3.65. The van der Waals surface area contributed by atoms with Gasteiger partial charge in [0, 0.05) is 18.5 Å². The molecule has 122 valence electrons. The number of carbonyl (C=O) groups is 3. The summed E-state index contributed by atoms with van der Waals surface area (Å²) < 4.78 is 0. The molecule has 2 fully saturated rings. The number of hydrogen-bond acceptors (Lipinski definition) is 7. The average molecular weight is 480 g/mol. The molecular weight excluding hydrogens is 461 g/mol. The molecule has 0 radical (unpaired) electrons. The van der Waals surface area contributed by atoms with Crippen molar-refractivity contribution in [1.29, 1.82) is 0 Å². The summed E-state index contributed by atoms with van der Waals surface area (Å²) in [6, 6.07) is 0.562. The normalized spacial score (nSPS) is 26.7. The number of nitrogens with one attached hydrogen (secondary N) is 1. The van der Waals surface area contributed by atoms with E-state index in [1.807, 2.05) is 0 Å². The van der Waals surface area contributed by atoms with Crippen molar-refractivity contribution in [3.63, 3.8) is 0 Å². The topological polar surface area (TPSA) is 161 Å². The summed E-state index contributed by atoms with van der Waals surface area (Å²) in [4.78, 5) is 31.3. The van der Waals surface area contributed by atoms with Crippen LogP contribution in [-0.4, -0.2) is 35.5 Å². The summed E-state index contributed by atoms with van der Waals surface area (Å²) in [6.07, 6.45) is 4.34. The molecule has 21 heavy (non-hydrogen) atoms. The third kappa shape index (κ3) is 5.05. The second kappa shape index (κ2) is 8.46. The minimum absolute atomic E-state index is 0. The zero-order valence-corrected chi connectivity index (χ0v) is 13.7. The second-order valence-corrected chi connectivity index (χ2v) is 5.14. The van der Waals surface area contributed by atoms with Crippen LogP contribution in [0, 0.1) is 0 Å². The van der Waals surface area contributed by atoms with E-state index in [1.165, 1.54) is 12.8 Å². The molecule has 0 bridgehead atoms. The maximum atomic E-state index is 10.6. The van der Waals surface area contributed by atoms with Gasteiger partial charge in [-0.25, -0.2) is 0 Å². The van der Waals surface area contributed by atoms with E-state index in [0.29, 0.717) is 0 Å². The van der Waals surface area contributed by atoms with Gasteiger partial charge in [-0.15, -0.1) is 0 Å². The Balaban J connectivity index is 0.000000390. The zero-order chi connectivity index (χ0) is 15.3. The van der Waals surface area contributed by atoms with Gasteiger partial charge in [-0.2, -0.15) is 0 Å². The van der Waals surface area contributed by atoms with Gasteiger partial charge in [-0.1, -0.05) is 12.8 Å². The largest absolute Gasteiger partial charge is 2.00 e. The summed E-state index contributed by atoms with van der Waals surface area (Å²) in [6.45, 7) is 0. The van der Waals surface area contributed by atoms with E-state index in [2.05, 4.69) is 0 Å². The number of hydrogen-bond donors (Lipinski definition) is 3. The molecule has 5 N–H and O–H groups in total. The van der Waals surface area contributed by atoms with Crippen molar-refractivity contribution in [3.05, 3.63) is 0 Å². The van der Waals surface area contributed by atoms with Crippen molar-refractivity contribution in [1.82, 2.24) is 5.32 Å². The number of carbonyl (C=O) groups excluding carboxylic acids is 3. The molecule has 2 atom stereocenters. The van der Waals surface area contributed by atoms with Gasteiger partial charge in [0.25, 0.3) is 0 Å². The van der Waals surface area contributed by atoms with Crippen LogP contribution in [0.1, 0.15) is 38.5 Å². The fourth-order valence-corrected chi connectivity index (χ4v) is 2.24. The van der Waals surface area contributed by atoms with Crippen LogP contribution >= 0.6 is 0 Å². The summed E-state index contributed by atoms with van der Waals surface area (Å²) >= 11 is 0. The van der Waals surface area contributed by atoms with Crippen molar-refractivity contribution < 1.29 is 45.7 Å². The van der Waals surface area contributed by atoms with Gasteiger partial charge in [0.1, 0.15) is 5.54 Å². The van der Waals surface area contributed by atoms with E-state index in [1.54, 1.807) is 5.32 Å². The number of rotatable bonds is 2. The van der Waals surface area contributed by atoms with Crippen LogP contribution in [-0.2, 0) is 35.4 Å². The molecule has 1 saturated carbocycles. The van der Waals surface area contributed by atoms with Gasteiger partial charge >= 0.3 is 21.1 Å². The molecular formula is C12H19N3O5Pt. The van der Waals surface area contributed by atoms with Gasteiger partial charge in [0.05, 0.1) is 11.9 Å². The fraction of sp³-hybridized carbons (Fsp3) is 0.750. The van der Waals surface area contributed by atoms with Crippen LogP contribution in [0.3, 0.4) is 0 Å². The predicted molar refractivity (Wildman–Crippen MR) is 64.5 cm³/mol. The molecule has 0 aromatic heterocycles. The monoisotopic (exact) mass is 480 g/mol. The maximum absolute atomic E-state index is 10.6. The van der Waals surface area contributed by atoms with Crippen molar-refractivity contribution >= 4 is 17.8 Å². The molecule has 1 aliphatic heterocycles. The number of amides is 1. The summed E-state index contributed by atoms with van der Waals surface area (Å²) in [7, 11) is 0. The summed E-state index contributed by atoms with van der Waals surface area (Å²) in [5.41, 5.74) is 8.98. The first kappa shape index (κ1) is 20.0. The molecule has 0 aromatic carbocycles. The van der Waals surface area contributed by atoms with Gasteiger partial charge in [-0.05, 0) is 19.3 Å². The fourth-order valence-electron chi connectivity index (χ4n) is 2.24. The molecule has 1 amide bonds. The Hall–Kier alpha value is -0.982. The molecule has 2 rings (SSSR count). The van der Waals surface area contributed by atoms with Crippen LogP contribution in [0.4, 0.5) is 0 Å². The van der Waals surface area contributed by atoms with E-state index < -0.39 is 23.4 Å². The quantitative estimate of drug-likeness (QED) is 0.344. The van der Waals surface area contributed by atoms with E-state index in [9.17, 15) is 24.6 Å². The first-order valence-corrected chi connectivity index (χ1v) is 6.54. The van der Waals surface area contributed by atoms with E-state index in [0.717, 1.165) is 12.8 Å². The molecule has 1 saturated heterocycles. The minimum Gasteiger partial charge on any atom is -0.547 e. The van der Waals surface area contributed by atoms with Crippen LogP contribution < -0.4 is 27.0 Å². The molecule has 0 unspecified atom stereocenters. The van der Waals surface area contributed by atoms with Crippen molar-refractivity contribution in [2.45, 2.75) is 56.1 Å². The number of nitrogens with two attached hydrogens (primary N) is 2. The molecule has 2 aliphatic rings. The molecule has 8 nitrogen and oxygen atoms in total. The minimum atomic E-state index is -2.32. The maximum Gasteiger partial charge on any atom is 2.00 e. The van der Waals surface area contributed by atoms with E-state index in [-0.39, 0.29) is 46.0 Å². The average Bonchev–Trinajstić information content (AvgIpc) is 2.77. The van der Waals surface area contributed by atoms with Crippen LogP contribution in [0.15, 0.2) is 0 Å². The third-order valence-corrected chi connectivity index (χ3v) is 3.65. The molecule has 1 heterocycles. The first-order valence-electron chi connectivity index (χ1n) is 6.54. The van der Waals surface area contributed by atoms with Gasteiger partial charge in [0.2, 0.25) is 5.91 Å². The molecule has 9 heteroatoms. The smallest absolute Gasteiger partial charge is 0.547 e. The van der Waals surface area contributed by atoms with Gasteiger partial charge in [-0.3, -0.25) is 4.79 Å². The Morgan fingerprint density at radius 3 is 1.71 bits per heavy atom. The summed E-state index contributed by atoms with van der Waals surface area (Å²) in [5, 5.41) is 22.5. The Labute approximate surface area is 136 Å². The van der Waals surface area contributed by atoms with Crippen LogP contribution in [0.2, 0.25) is 0 Å². The number of carboxylic acid groups (broad SMARTS) is 2. The predicted octanol–water partition coefficient (Wildman–Crippen LogP) is -3.65. The van der Waals surface area contributed by atoms with Crippen molar-refractivity contribution in [2.24, 2.45) is 11.5 Å². The second-order valence-electron chi connectivity index (χ2n) is 5.14. The van der Waals surface area contributed by atoms with Crippen LogP contribution in [0.5, 0.6) is 0 Å². The Kier molecular flexibility index (Phi) is 8.06. The number of aliphatic carboxylic acids is 2. The Morgan fingerprint density at radius 1 is 1.10 bits per heavy atom. The molecule has 1 aliphatic carbocycles. The summed E-state index contributed by atoms with van der Waals surface area (Å²) in [5.74, 6) is -4.30. The standard InChI is InChI=1S/C6H14N2.C6H7NO5.Pt/c7-5-3-1-2-4-6(5)8;8-3-1-2-6(7-3,4(9)10)5(11)12;/h5-6H,1-4,7-8H2;1-2H2,(H,7,8)(H,9,10)(H,11,12);/q;;+2/p-2/t5-,6-;;/m1../s1. The Bertz CT molecular complexity index is 380. The first-order chi connectivity index (χ1) is 9.29.